The summed E-state index contributed by atoms with van der Waals surface area (Å²) in [6.45, 7) is 5.18. The molecule has 3 rings (SSSR count). The minimum absolute atomic E-state index is 0.112. The van der Waals surface area contributed by atoms with Crippen LogP contribution in [0.2, 0.25) is 0 Å². The molecule has 0 spiro atoms. The first-order valence-electron chi connectivity index (χ1n) is 9.23. The van der Waals surface area contributed by atoms with E-state index in [2.05, 4.69) is 35.0 Å². The van der Waals surface area contributed by atoms with Crippen molar-refractivity contribution in [3.8, 4) is 0 Å². The van der Waals surface area contributed by atoms with Gasteiger partial charge in [0.1, 0.15) is 5.82 Å². The summed E-state index contributed by atoms with van der Waals surface area (Å²) in [5.74, 6) is -0.0305. The second kappa shape index (κ2) is 8.10. The molecule has 3 unspecified atom stereocenters. The number of hydrogen-bond donors (Lipinski definition) is 3. The quantitative estimate of drug-likeness (QED) is 0.782. The molecule has 1 aromatic heterocycles. The Hall–Kier alpha value is -1.73. The predicted molar refractivity (Wildman–Crippen MR) is 94.1 cm³/mol. The van der Waals surface area contributed by atoms with E-state index in [9.17, 15) is 9.18 Å². The number of hydrazine groups is 1. The lowest BCUT2D eigenvalue weighted by Gasteiger charge is -2.37. The van der Waals surface area contributed by atoms with Crippen LogP contribution in [0.1, 0.15) is 45.2 Å². The molecule has 138 valence electrons. The highest BCUT2D eigenvalue weighted by molar-refractivity contribution is 5.74. The van der Waals surface area contributed by atoms with Gasteiger partial charge in [-0.15, -0.1) is 0 Å². The Morgan fingerprint density at radius 3 is 2.80 bits per heavy atom. The van der Waals surface area contributed by atoms with Crippen LogP contribution in [0.3, 0.4) is 0 Å². The van der Waals surface area contributed by atoms with Crippen LogP contribution in [-0.2, 0) is 6.54 Å². The lowest BCUT2D eigenvalue weighted by molar-refractivity contribution is 0.138. The van der Waals surface area contributed by atoms with Gasteiger partial charge in [0.15, 0.2) is 0 Å². The highest BCUT2D eigenvalue weighted by Crippen LogP contribution is 2.29. The number of nitrogens with zero attached hydrogens (tertiary/aromatic N) is 2. The third-order valence-corrected chi connectivity index (χ3v) is 5.44. The first-order chi connectivity index (χ1) is 12.1. The molecule has 0 aliphatic carbocycles. The first kappa shape index (κ1) is 18.1. The third kappa shape index (κ3) is 4.10. The SMILES string of the molecule is CC1NNC(C)C1C1CCCCCN1C(=O)NCc1ncccc1F. The van der Waals surface area contributed by atoms with Crippen molar-refractivity contribution in [2.24, 2.45) is 5.92 Å². The van der Waals surface area contributed by atoms with Gasteiger partial charge in [0.2, 0.25) is 0 Å². The van der Waals surface area contributed by atoms with Crippen molar-refractivity contribution in [2.75, 3.05) is 6.54 Å². The molecule has 3 N–H and O–H groups in total. The van der Waals surface area contributed by atoms with Crippen LogP contribution in [0, 0.1) is 11.7 Å². The van der Waals surface area contributed by atoms with Crippen molar-refractivity contribution in [1.82, 2.24) is 26.1 Å². The van der Waals surface area contributed by atoms with Crippen molar-refractivity contribution in [1.29, 1.82) is 0 Å². The Morgan fingerprint density at radius 2 is 2.08 bits per heavy atom. The summed E-state index contributed by atoms with van der Waals surface area (Å²) < 4.78 is 13.7. The van der Waals surface area contributed by atoms with Crippen LogP contribution in [-0.4, -0.2) is 40.6 Å². The normalized spacial score (nSPS) is 30.1. The fourth-order valence-corrected chi connectivity index (χ4v) is 4.15. The van der Waals surface area contributed by atoms with Gasteiger partial charge < -0.3 is 10.2 Å². The Kier molecular flexibility index (Phi) is 5.86. The van der Waals surface area contributed by atoms with Crippen molar-refractivity contribution < 1.29 is 9.18 Å². The molecule has 0 saturated carbocycles. The minimum Gasteiger partial charge on any atom is -0.332 e. The maximum atomic E-state index is 13.7. The van der Waals surface area contributed by atoms with E-state index < -0.39 is 0 Å². The zero-order valence-corrected chi connectivity index (χ0v) is 15.0. The topological polar surface area (TPSA) is 69.3 Å². The molecule has 2 amide bonds. The fourth-order valence-electron chi connectivity index (χ4n) is 4.15. The largest absolute Gasteiger partial charge is 0.332 e. The van der Waals surface area contributed by atoms with Crippen LogP contribution in [0.4, 0.5) is 9.18 Å². The number of amides is 2. The molecule has 2 saturated heterocycles. The average molecular weight is 349 g/mol. The second-order valence-corrected chi connectivity index (χ2v) is 7.14. The van der Waals surface area contributed by atoms with Gasteiger partial charge in [0.05, 0.1) is 12.2 Å². The van der Waals surface area contributed by atoms with E-state index in [1.54, 1.807) is 12.3 Å². The van der Waals surface area contributed by atoms with Crippen LogP contribution in [0.25, 0.3) is 0 Å². The summed E-state index contributed by atoms with van der Waals surface area (Å²) in [6, 6.07) is 3.59. The lowest BCUT2D eigenvalue weighted by Crippen LogP contribution is -2.52. The van der Waals surface area contributed by atoms with Gasteiger partial charge in [-0.25, -0.2) is 9.18 Å². The van der Waals surface area contributed by atoms with Crippen LogP contribution in [0.15, 0.2) is 18.3 Å². The summed E-state index contributed by atoms with van der Waals surface area (Å²) >= 11 is 0. The fraction of sp³-hybridized carbons (Fsp3) is 0.667. The number of carbonyl (C=O) groups is 1. The number of aromatic nitrogens is 1. The molecule has 3 heterocycles. The van der Waals surface area contributed by atoms with E-state index in [0.717, 1.165) is 32.2 Å². The van der Waals surface area contributed by atoms with Gasteiger partial charge in [-0.2, -0.15) is 0 Å². The van der Waals surface area contributed by atoms with E-state index in [-0.39, 0.29) is 30.1 Å². The van der Waals surface area contributed by atoms with Gasteiger partial charge in [-0.05, 0) is 38.8 Å². The summed E-state index contributed by atoms with van der Waals surface area (Å²) in [4.78, 5) is 18.8. The van der Waals surface area contributed by atoms with E-state index in [1.807, 2.05) is 4.90 Å². The van der Waals surface area contributed by atoms with Crippen molar-refractivity contribution in [2.45, 2.75) is 64.2 Å². The molecule has 2 aliphatic rings. The first-order valence-corrected chi connectivity index (χ1v) is 9.23. The van der Waals surface area contributed by atoms with Crippen molar-refractivity contribution in [3.63, 3.8) is 0 Å². The van der Waals surface area contributed by atoms with Gasteiger partial charge in [-0.1, -0.05) is 12.8 Å². The van der Waals surface area contributed by atoms with Crippen molar-refractivity contribution >= 4 is 6.03 Å². The number of nitrogens with one attached hydrogen (secondary N) is 3. The number of rotatable bonds is 3. The van der Waals surface area contributed by atoms with Crippen LogP contribution in [0.5, 0.6) is 0 Å². The Bertz CT molecular complexity index is 589. The molecule has 3 atom stereocenters. The van der Waals surface area contributed by atoms with Crippen molar-refractivity contribution in [3.05, 3.63) is 29.8 Å². The summed E-state index contributed by atoms with van der Waals surface area (Å²) in [6.07, 6.45) is 5.84. The van der Waals surface area contributed by atoms with E-state index >= 15 is 0 Å². The van der Waals surface area contributed by atoms with Crippen LogP contribution >= 0.6 is 0 Å². The van der Waals surface area contributed by atoms with E-state index in [1.165, 1.54) is 6.07 Å². The molecule has 2 fully saturated rings. The maximum Gasteiger partial charge on any atom is 0.317 e. The molecule has 0 bridgehead atoms. The number of carbonyl (C=O) groups excluding carboxylic acids is 1. The van der Waals surface area contributed by atoms with E-state index in [4.69, 9.17) is 0 Å². The molecular weight excluding hydrogens is 321 g/mol. The predicted octanol–water partition coefficient (Wildman–Crippen LogP) is 2.18. The zero-order valence-electron chi connectivity index (χ0n) is 15.0. The molecule has 6 nitrogen and oxygen atoms in total. The number of urea groups is 1. The van der Waals surface area contributed by atoms with Gasteiger partial charge in [0.25, 0.3) is 0 Å². The third-order valence-electron chi connectivity index (χ3n) is 5.44. The molecular formula is C18H28FN5O. The molecule has 2 aliphatic heterocycles. The second-order valence-electron chi connectivity index (χ2n) is 7.14. The molecule has 0 aromatic carbocycles. The minimum atomic E-state index is -0.387. The highest BCUT2D eigenvalue weighted by atomic mass is 19.1. The standard InChI is InChI=1S/C18H28FN5O/c1-12-17(13(2)23-22-12)16-8-4-3-5-10-24(16)18(25)21-11-15-14(19)7-6-9-20-15/h6-7,9,12-13,16-17,22-23H,3-5,8,10-11H2,1-2H3,(H,21,25). The van der Waals surface area contributed by atoms with Crippen LogP contribution < -0.4 is 16.2 Å². The number of halogens is 1. The Balaban J connectivity index is 1.70. The molecule has 1 aromatic rings. The average Bonchev–Trinajstić information content (AvgIpc) is 2.80. The number of hydrogen-bond acceptors (Lipinski definition) is 4. The monoisotopic (exact) mass is 349 g/mol. The lowest BCUT2D eigenvalue weighted by atomic mass is 9.85. The molecule has 25 heavy (non-hydrogen) atoms. The Labute approximate surface area is 148 Å². The maximum absolute atomic E-state index is 13.7. The summed E-state index contributed by atoms with van der Waals surface area (Å²) in [5, 5.41) is 2.86. The number of likely N-dealkylation sites (tertiary alicyclic amines) is 1. The van der Waals surface area contributed by atoms with Gasteiger partial charge in [0, 0.05) is 36.8 Å². The summed E-state index contributed by atoms with van der Waals surface area (Å²) in [5.41, 5.74) is 6.86. The summed E-state index contributed by atoms with van der Waals surface area (Å²) in [7, 11) is 0. The van der Waals surface area contributed by atoms with Gasteiger partial charge in [-0.3, -0.25) is 15.8 Å². The molecule has 0 radical (unpaired) electrons. The zero-order chi connectivity index (χ0) is 17.8. The van der Waals surface area contributed by atoms with Gasteiger partial charge >= 0.3 is 6.03 Å². The van der Waals surface area contributed by atoms with E-state index in [0.29, 0.717) is 18.0 Å². The Morgan fingerprint density at radius 1 is 1.32 bits per heavy atom. The smallest absolute Gasteiger partial charge is 0.317 e. The highest BCUT2D eigenvalue weighted by Gasteiger charge is 2.40. The molecule has 7 heteroatoms. The number of pyridine rings is 1.